The average molecular weight is 365 g/mol. The molecule has 0 amide bonds. The number of nitrogens with zero attached hydrogens (tertiary/aromatic N) is 2. The molecule has 1 saturated heterocycles. The van der Waals surface area contributed by atoms with Gasteiger partial charge in [-0.15, -0.1) is 0 Å². The Morgan fingerprint density at radius 3 is 2.54 bits per heavy atom. The maximum atomic E-state index is 13.1. The summed E-state index contributed by atoms with van der Waals surface area (Å²) in [5, 5.41) is 0.431. The summed E-state index contributed by atoms with van der Waals surface area (Å²) in [7, 11) is -3.53. The van der Waals surface area contributed by atoms with Crippen LogP contribution in [0.3, 0.4) is 0 Å². The molecule has 0 bridgehead atoms. The highest BCUT2D eigenvalue weighted by atomic mass is 35.5. The van der Waals surface area contributed by atoms with E-state index in [1.54, 1.807) is 28.7 Å². The molecular weight excluding hydrogens is 344 g/mol. The number of benzene rings is 1. The Labute approximate surface area is 148 Å². The molecular formula is C18H21ClN2O2S. The van der Waals surface area contributed by atoms with Crippen molar-refractivity contribution in [3.8, 4) is 0 Å². The van der Waals surface area contributed by atoms with E-state index >= 15 is 0 Å². The van der Waals surface area contributed by atoms with E-state index in [-0.39, 0.29) is 6.04 Å². The third-order valence-corrected chi connectivity index (χ3v) is 6.69. The number of sulfonamides is 1. The smallest absolute Gasteiger partial charge is 0.243 e. The first-order chi connectivity index (χ1) is 11.4. The van der Waals surface area contributed by atoms with Crippen LogP contribution in [-0.2, 0) is 10.0 Å². The van der Waals surface area contributed by atoms with Gasteiger partial charge in [0.1, 0.15) is 5.15 Å². The van der Waals surface area contributed by atoms with Crippen molar-refractivity contribution in [2.45, 2.75) is 44.0 Å². The van der Waals surface area contributed by atoms with Gasteiger partial charge in [-0.05, 0) is 56.0 Å². The zero-order valence-corrected chi connectivity index (χ0v) is 15.4. The standard InChI is InChI=1S/C18H21ClN2O2S/c1-13-6-8-15(9-7-13)24(22,23)21-10-4-3-5-17(21)16-12-20-18(19)11-14(16)2/h6-9,11-12,17H,3-5,10H2,1-2H3/t17-/m0/s1. The number of hydrogen-bond donors (Lipinski definition) is 0. The fourth-order valence-electron chi connectivity index (χ4n) is 3.23. The van der Waals surface area contributed by atoms with Gasteiger partial charge >= 0.3 is 0 Å². The summed E-state index contributed by atoms with van der Waals surface area (Å²) in [6, 6.07) is 8.64. The fourth-order valence-corrected chi connectivity index (χ4v) is 5.12. The van der Waals surface area contributed by atoms with Gasteiger partial charge in [0.25, 0.3) is 0 Å². The number of aromatic nitrogens is 1. The van der Waals surface area contributed by atoms with Crippen molar-refractivity contribution < 1.29 is 8.42 Å². The highest BCUT2D eigenvalue weighted by Gasteiger charge is 2.35. The number of piperidine rings is 1. The lowest BCUT2D eigenvalue weighted by atomic mass is 9.96. The Hall–Kier alpha value is -1.43. The van der Waals surface area contributed by atoms with Crippen LogP contribution in [0.5, 0.6) is 0 Å². The molecule has 6 heteroatoms. The van der Waals surface area contributed by atoms with Crippen LogP contribution < -0.4 is 0 Å². The Bertz CT molecular complexity index is 835. The van der Waals surface area contributed by atoms with Gasteiger partial charge in [0.05, 0.1) is 10.9 Å². The van der Waals surface area contributed by atoms with Crippen LogP contribution in [0.4, 0.5) is 0 Å². The number of pyridine rings is 1. The summed E-state index contributed by atoms with van der Waals surface area (Å²) in [6.07, 6.45) is 4.40. The molecule has 1 aromatic carbocycles. The second-order valence-electron chi connectivity index (χ2n) is 6.30. The van der Waals surface area contributed by atoms with Crippen LogP contribution >= 0.6 is 11.6 Å². The molecule has 24 heavy (non-hydrogen) atoms. The normalized spacial score (nSPS) is 19.4. The van der Waals surface area contributed by atoms with E-state index in [2.05, 4.69) is 4.98 Å². The Morgan fingerprint density at radius 1 is 1.17 bits per heavy atom. The summed E-state index contributed by atoms with van der Waals surface area (Å²) < 4.78 is 27.9. The summed E-state index contributed by atoms with van der Waals surface area (Å²) >= 11 is 5.95. The van der Waals surface area contributed by atoms with Crippen molar-refractivity contribution in [3.05, 3.63) is 58.4 Å². The third kappa shape index (κ3) is 3.34. The molecule has 0 radical (unpaired) electrons. The van der Waals surface area contributed by atoms with Gasteiger partial charge in [0.15, 0.2) is 0 Å². The van der Waals surface area contributed by atoms with Gasteiger partial charge in [-0.1, -0.05) is 35.7 Å². The first kappa shape index (κ1) is 17.4. The van der Waals surface area contributed by atoms with E-state index < -0.39 is 10.0 Å². The molecule has 2 heterocycles. The molecule has 0 N–H and O–H groups in total. The van der Waals surface area contributed by atoms with Crippen molar-refractivity contribution in [3.63, 3.8) is 0 Å². The SMILES string of the molecule is Cc1ccc(S(=O)(=O)N2CCCC[C@H]2c2cnc(Cl)cc2C)cc1. The van der Waals surface area contributed by atoms with E-state index in [0.717, 1.165) is 36.0 Å². The van der Waals surface area contributed by atoms with Crippen LogP contribution in [0, 0.1) is 13.8 Å². The van der Waals surface area contributed by atoms with Crippen molar-refractivity contribution in [1.29, 1.82) is 0 Å². The van der Waals surface area contributed by atoms with E-state index in [0.29, 0.717) is 16.6 Å². The second kappa shape index (κ2) is 6.82. The minimum atomic E-state index is -3.53. The van der Waals surface area contributed by atoms with Gasteiger partial charge in [0, 0.05) is 12.7 Å². The maximum Gasteiger partial charge on any atom is 0.243 e. The van der Waals surface area contributed by atoms with Gasteiger partial charge in [0.2, 0.25) is 10.0 Å². The number of aryl methyl sites for hydroxylation is 2. The lowest BCUT2D eigenvalue weighted by molar-refractivity contribution is 0.255. The van der Waals surface area contributed by atoms with E-state index in [1.165, 1.54) is 0 Å². The average Bonchev–Trinajstić information content (AvgIpc) is 2.55. The van der Waals surface area contributed by atoms with Crippen LogP contribution in [0.25, 0.3) is 0 Å². The zero-order chi connectivity index (χ0) is 17.3. The van der Waals surface area contributed by atoms with Crippen molar-refractivity contribution in [2.24, 2.45) is 0 Å². The molecule has 0 unspecified atom stereocenters. The van der Waals surface area contributed by atoms with Crippen molar-refractivity contribution >= 4 is 21.6 Å². The lowest BCUT2D eigenvalue weighted by Gasteiger charge is -2.35. The highest BCUT2D eigenvalue weighted by Crippen LogP contribution is 2.36. The van der Waals surface area contributed by atoms with Crippen molar-refractivity contribution in [1.82, 2.24) is 9.29 Å². The van der Waals surface area contributed by atoms with Gasteiger partial charge in [-0.3, -0.25) is 0 Å². The largest absolute Gasteiger partial charge is 0.244 e. The summed E-state index contributed by atoms with van der Waals surface area (Å²) in [5.41, 5.74) is 2.96. The molecule has 0 saturated carbocycles. The highest BCUT2D eigenvalue weighted by molar-refractivity contribution is 7.89. The van der Waals surface area contributed by atoms with E-state index in [9.17, 15) is 8.42 Å². The minimum absolute atomic E-state index is 0.185. The number of rotatable bonds is 3. The maximum absolute atomic E-state index is 13.1. The Kier molecular flexibility index (Phi) is 4.95. The van der Waals surface area contributed by atoms with E-state index in [1.807, 2.05) is 26.0 Å². The third-order valence-electron chi connectivity index (χ3n) is 4.56. The van der Waals surface area contributed by atoms with Gasteiger partial charge in [-0.2, -0.15) is 4.31 Å². The lowest BCUT2D eigenvalue weighted by Crippen LogP contribution is -2.38. The molecule has 0 spiro atoms. The monoisotopic (exact) mass is 364 g/mol. The topological polar surface area (TPSA) is 50.3 Å². The Balaban J connectivity index is 2.01. The quantitative estimate of drug-likeness (QED) is 0.764. The summed E-state index contributed by atoms with van der Waals surface area (Å²) in [4.78, 5) is 4.51. The number of halogens is 1. The van der Waals surface area contributed by atoms with Gasteiger partial charge in [-0.25, -0.2) is 13.4 Å². The predicted molar refractivity (Wildman–Crippen MR) is 95.6 cm³/mol. The molecule has 0 aliphatic carbocycles. The summed E-state index contributed by atoms with van der Waals surface area (Å²) in [5.74, 6) is 0. The first-order valence-corrected chi connectivity index (χ1v) is 9.92. The predicted octanol–water partition coefficient (Wildman–Crippen LogP) is 4.27. The zero-order valence-electron chi connectivity index (χ0n) is 13.9. The first-order valence-electron chi connectivity index (χ1n) is 8.10. The van der Waals surface area contributed by atoms with Gasteiger partial charge < -0.3 is 0 Å². The van der Waals surface area contributed by atoms with E-state index in [4.69, 9.17) is 11.6 Å². The molecule has 1 aliphatic heterocycles. The minimum Gasteiger partial charge on any atom is -0.244 e. The van der Waals surface area contributed by atoms with Crippen LogP contribution in [-0.4, -0.2) is 24.3 Å². The molecule has 128 valence electrons. The van der Waals surface area contributed by atoms with Crippen LogP contribution in [0.2, 0.25) is 5.15 Å². The van der Waals surface area contributed by atoms with Crippen LogP contribution in [0.15, 0.2) is 41.4 Å². The molecule has 1 fully saturated rings. The van der Waals surface area contributed by atoms with Crippen LogP contribution in [0.1, 0.15) is 42.0 Å². The molecule has 1 atom stereocenters. The Morgan fingerprint density at radius 2 is 1.88 bits per heavy atom. The van der Waals surface area contributed by atoms with Crippen molar-refractivity contribution in [2.75, 3.05) is 6.54 Å². The molecule has 3 rings (SSSR count). The number of hydrogen-bond acceptors (Lipinski definition) is 3. The summed E-state index contributed by atoms with van der Waals surface area (Å²) in [6.45, 7) is 4.43. The molecule has 1 aliphatic rings. The molecule has 1 aromatic heterocycles. The fraction of sp³-hybridized carbons (Fsp3) is 0.389. The molecule has 2 aromatic rings. The molecule has 4 nitrogen and oxygen atoms in total. The second-order valence-corrected chi connectivity index (χ2v) is 8.58.